The highest BCUT2D eigenvalue weighted by molar-refractivity contribution is 7.91. The summed E-state index contributed by atoms with van der Waals surface area (Å²) in [6.45, 7) is 5.11. The predicted molar refractivity (Wildman–Crippen MR) is 94.5 cm³/mol. The van der Waals surface area contributed by atoms with Crippen LogP contribution in [0, 0.1) is 6.92 Å². The molecule has 6 heteroatoms. The Hall–Kier alpha value is -1.66. The number of quaternary nitrogens is 1. The van der Waals surface area contributed by atoms with Crippen molar-refractivity contribution in [2.75, 3.05) is 37.7 Å². The fraction of sp³-hybridized carbons (Fsp3) is 0.500. The molecule has 2 aliphatic heterocycles. The molecule has 1 amide bonds. The number of benzene rings is 1. The average molecular weight is 349 g/mol. The van der Waals surface area contributed by atoms with E-state index in [2.05, 4.69) is 0 Å². The van der Waals surface area contributed by atoms with Crippen LogP contribution >= 0.6 is 0 Å². The first-order valence-electron chi connectivity index (χ1n) is 8.52. The summed E-state index contributed by atoms with van der Waals surface area (Å²) in [6.07, 6.45) is 4.25. The van der Waals surface area contributed by atoms with Crippen molar-refractivity contribution in [1.82, 2.24) is 4.90 Å². The Bertz CT molecular complexity index is 717. The molecular formula is C18H25N2O3S+. The number of amides is 1. The summed E-state index contributed by atoms with van der Waals surface area (Å²) in [5, 5.41) is 0. The van der Waals surface area contributed by atoms with Crippen molar-refractivity contribution in [2.24, 2.45) is 0 Å². The standard InChI is InChI=1S/C18H24N2O3S/c1-15-2-4-16(5-3-15)6-7-18(21)20-11-9-19(10-12-20)17-8-13-24(22,23)14-17/h2-7,17H,8-14H2,1H3/p+1/b7-6+/t17-/m0/s1. The molecule has 0 bridgehead atoms. The molecule has 5 nitrogen and oxygen atoms in total. The van der Waals surface area contributed by atoms with Crippen LogP contribution in [0.3, 0.4) is 0 Å². The number of nitrogens with one attached hydrogen (secondary N) is 1. The van der Waals surface area contributed by atoms with Crippen molar-refractivity contribution >= 4 is 21.8 Å². The normalized spacial score (nSPS) is 24.5. The van der Waals surface area contributed by atoms with Gasteiger partial charge in [-0.25, -0.2) is 8.42 Å². The number of sulfone groups is 1. The maximum atomic E-state index is 12.3. The van der Waals surface area contributed by atoms with Crippen molar-refractivity contribution < 1.29 is 18.1 Å². The van der Waals surface area contributed by atoms with Crippen molar-refractivity contribution in [2.45, 2.75) is 19.4 Å². The molecular weight excluding hydrogens is 324 g/mol. The van der Waals surface area contributed by atoms with Gasteiger partial charge in [-0.2, -0.15) is 0 Å². The second-order valence-electron chi connectivity index (χ2n) is 6.83. The maximum absolute atomic E-state index is 12.3. The van der Waals surface area contributed by atoms with Crippen LogP contribution in [0.2, 0.25) is 0 Å². The summed E-state index contributed by atoms with van der Waals surface area (Å²) in [4.78, 5) is 15.5. The van der Waals surface area contributed by atoms with Crippen molar-refractivity contribution in [3.8, 4) is 0 Å². The average Bonchev–Trinajstić information content (AvgIpc) is 2.94. The lowest BCUT2D eigenvalue weighted by atomic mass is 10.1. The van der Waals surface area contributed by atoms with Crippen LogP contribution in [0.4, 0.5) is 0 Å². The zero-order valence-corrected chi connectivity index (χ0v) is 14.9. The lowest BCUT2D eigenvalue weighted by Gasteiger charge is -2.34. The predicted octanol–water partition coefficient (Wildman–Crippen LogP) is -0.0776. The van der Waals surface area contributed by atoms with Gasteiger partial charge in [0.05, 0.1) is 31.9 Å². The summed E-state index contributed by atoms with van der Waals surface area (Å²) in [5.74, 6) is 0.667. The highest BCUT2D eigenvalue weighted by Crippen LogP contribution is 2.10. The number of rotatable bonds is 3. The van der Waals surface area contributed by atoms with Crippen molar-refractivity contribution in [3.05, 3.63) is 41.5 Å². The van der Waals surface area contributed by atoms with Gasteiger partial charge in [-0.05, 0) is 18.6 Å². The molecule has 1 atom stereocenters. The third-order valence-electron chi connectivity index (χ3n) is 5.02. The SMILES string of the molecule is Cc1ccc(/C=C/C(=O)N2CC[NH+]([C@H]3CCS(=O)(=O)C3)CC2)cc1. The molecule has 24 heavy (non-hydrogen) atoms. The van der Waals surface area contributed by atoms with Crippen LogP contribution in [0.5, 0.6) is 0 Å². The lowest BCUT2D eigenvalue weighted by molar-refractivity contribution is -0.925. The van der Waals surface area contributed by atoms with Gasteiger partial charge in [0.15, 0.2) is 9.84 Å². The fourth-order valence-electron chi connectivity index (χ4n) is 3.49. The Morgan fingerprint density at radius 1 is 1.21 bits per heavy atom. The molecule has 1 N–H and O–H groups in total. The van der Waals surface area contributed by atoms with E-state index >= 15 is 0 Å². The topological polar surface area (TPSA) is 58.9 Å². The third-order valence-corrected chi connectivity index (χ3v) is 6.79. The van der Waals surface area contributed by atoms with Crippen LogP contribution in [-0.2, 0) is 14.6 Å². The van der Waals surface area contributed by atoms with E-state index in [4.69, 9.17) is 0 Å². The first kappa shape index (κ1) is 17.2. The minimum Gasteiger partial charge on any atom is -0.329 e. The van der Waals surface area contributed by atoms with Gasteiger partial charge >= 0.3 is 0 Å². The molecule has 3 rings (SSSR count). The van der Waals surface area contributed by atoms with E-state index in [0.717, 1.165) is 25.1 Å². The molecule has 1 aromatic rings. The van der Waals surface area contributed by atoms with E-state index in [1.165, 1.54) is 10.5 Å². The molecule has 0 saturated carbocycles. The summed E-state index contributed by atoms with van der Waals surface area (Å²) < 4.78 is 23.2. The highest BCUT2D eigenvalue weighted by Gasteiger charge is 2.37. The van der Waals surface area contributed by atoms with E-state index < -0.39 is 9.84 Å². The Kier molecular flexibility index (Phi) is 5.06. The smallest absolute Gasteiger partial charge is 0.246 e. The molecule has 130 valence electrons. The molecule has 2 fully saturated rings. The summed E-state index contributed by atoms with van der Waals surface area (Å²) in [6, 6.07) is 8.28. The lowest BCUT2D eigenvalue weighted by Crippen LogP contribution is -3.18. The largest absolute Gasteiger partial charge is 0.329 e. The Morgan fingerprint density at radius 2 is 1.88 bits per heavy atom. The molecule has 2 aliphatic rings. The molecule has 0 spiro atoms. The zero-order chi connectivity index (χ0) is 17.2. The van der Waals surface area contributed by atoms with Crippen LogP contribution < -0.4 is 4.90 Å². The number of piperazine rings is 1. The van der Waals surface area contributed by atoms with Gasteiger partial charge in [0.25, 0.3) is 0 Å². The molecule has 0 radical (unpaired) electrons. The summed E-state index contributed by atoms with van der Waals surface area (Å²) >= 11 is 0. The van der Waals surface area contributed by atoms with Gasteiger partial charge in [-0.15, -0.1) is 0 Å². The van der Waals surface area contributed by atoms with Gasteiger partial charge in [0.2, 0.25) is 5.91 Å². The number of carbonyl (C=O) groups excluding carboxylic acids is 1. The van der Waals surface area contributed by atoms with Crippen LogP contribution in [-0.4, -0.2) is 63.0 Å². The molecule has 1 aromatic carbocycles. The molecule has 0 aliphatic carbocycles. The molecule has 0 aromatic heterocycles. The van der Waals surface area contributed by atoms with Crippen LogP contribution in [0.15, 0.2) is 30.3 Å². The van der Waals surface area contributed by atoms with E-state index in [9.17, 15) is 13.2 Å². The van der Waals surface area contributed by atoms with Gasteiger partial charge in [-0.1, -0.05) is 29.8 Å². The number of carbonyl (C=O) groups is 1. The highest BCUT2D eigenvalue weighted by atomic mass is 32.2. The Morgan fingerprint density at radius 3 is 2.46 bits per heavy atom. The zero-order valence-electron chi connectivity index (χ0n) is 14.1. The van der Waals surface area contributed by atoms with Gasteiger partial charge in [0.1, 0.15) is 11.8 Å². The monoisotopic (exact) mass is 349 g/mol. The van der Waals surface area contributed by atoms with Gasteiger partial charge in [0, 0.05) is 12.5 Å². The van der Waals surface area contributed by atoms with E-state index in [1.807, 2.05) is 42.2 Å². The number of aryl methyl sites for hydroxylation is 1. The van der Waals surface area contributed by atoms with E-state index in [-0.39, 0.29) is 11.9 Å². The van der Waals surface area contributed by atoms with Crippen LogP contribution in [0.1, 0.15) is 17.5 Å². The van der Waals surface area contributed by atoms with Crippen molar-refractivity contribution in [3.63, 3.8) is 0 Å². The van der Waals surface area contributed by atoms with Crippen molar-refractivity contribution in [1.29, 1.82) is 0 Å². The maximum Gasteiger partial charge on any atom is 0.246 e. The quantitative estimate of drug-likeness (QED) is 0.777. The number of hydrogen-bond donors (Lipinski definition) is 1. The summed E-state index contributed by atoms with van der Waals surface area (Å²) in [5.41, 5.74) is 2.22. The second kappa shape index (κ2) is 7.07. The molecule has 2 heterocycles. The van der Waals surface area contributed by atoms with E-state index in [1.54, 1.807) is 6.08 Å². The fourth-order valence-corrected chi connectivity index (χ4v) is 5.32. The van der Waals surface area contributed by atoms with E-state index in [0.29, 0.717) is 24.6 Å². The molecule has 2 saturated heterocycles. The Balaban J connectivity index is 1.51. The minimum absolute atomic E-state index is 0.0358. The first-order chi connectivity index (χ1) is 11.4. The Labute approximate surface area is 143 Å². The van der Waals surface area contributed by atoms with Gasteiger partial charge < -0.3 is 9.80 Å². The number of nitrogens with zero attached hydrogens (tertiary/aromatic N) is 1. The number of hydrogen-bond acceptors (Lipinski definition) is 3. The second-order valence-corrected chi connectivity index (χ2v) is 9.06. The first-order valence-corrected chi connectivity index (χ1v) is 10.3. The van der Waals surface area contributed by atoms with Crippen LogP contribution in [0.25, 0.3) is 6.08 Å². The summed E-state index contributed by atoms with van der Waals surface area (Å²) in [7, 11) is -2.83. The minimum atomic E-state index is -2.83. The molecule has 0 unspecified atom stereocenters. The van der Waals surface area contributed by atoms with Gasteiger partial charge in [-0.3, -0.25) is 4.79 Å². The third kappa shape index (κ3) is 4.24.